The number of nitrogens with one attached hydrogen (secondary N) is 1. The van der Waals surface area contributed by atoms with Crippen molar-refractivity contribution >= 4 is 16.7 Å². The quantitative estimate of drug-likeness (QED) is 0.814. The molecule has 3 nitrogen and oxygen atoms in total. The zero-order chi connectivity index (χ0) is 11.8. The number of pyridine rings is 1. The molecule has 1 aliphatic rings. The lowest BCUT2D eigenvalue weighted by molar-refractivity contribution is 0.290. The minimum atomic E-state index is 0.321. The fourth-order valence-electron chi connectivity index (χ4n) is 2.12. The predicted molar refractivity (Wildman–Crippen MR) is 69.7 cm³/mol. The number of aromatic nitrogens is 1. The summed E-state index contributed by atoms with van der Waals surface area (Å²) in [6, 6.07) is 8.80. The van der Waals surface area contributed by atoms with Crippen molar-refractivity contribution in [3.05, 3.63) is 29.8 Å². The lowest BCUT2D eigenvalue weighted by Gasteiger charge is -2.24. The van der Waals surface area contributed by atoms with E-state index in [1.165, 1.54) is 5.56 Å². The molecule has 1 atom stereocenters. The molecule has 2 heterocycles. The highest BCUT2D eigenvalue weighted by Crippen LogP contribution is 2.30. The predicted octanol–water partition coefficient (Wildman–Crippen LogP) is 2.99. The molecule has 0 bridgehead atoms. The second-order valence-electron chi connectivity index (χ2n) is 4.57. The normalized spacial score (nSPS) is 18.4. The van der Waals surface area contributed by atoms with Gasteiger partial charge in [0.1, 0.15) is 6.61 Å². The second kappa shape index (κ2) is 3.91. The van der Waals surface area contributed by atoms with Crippen LogP contribution in [0.2, 0.25) is 0 Å². The lowest BCUT2D eigenvalue weighted by Crippen LogP contribution is -2.28. The van der Waals surface area contributed by atoms with Gasteiger partial charge in [-0.25, -0.2) is 4.98 Å². The van der Waals surface area contributed by atoms with E-state index in [9.17, 15) is 0 Å². The van der Waals surface area contributed by atoms with Crippen molar-refractivity contribution in [3.8, 4) is 5.75 Å². The molecule has 0 amide bonds. The molecule has 1 aromatic heterocycles. The van der Waals surface area contributed by atoms with Gasteiger partial charge in [0.15, 0.2) is 11.6 Å². The molecular weight excluding hydrogens is 212 g/mol. The first-order valence-corrected chi connectivity index (χ1v) is 6.09. The van der Waals surface area contributed by atoms with Crippen LogP contribution >= 0.6 is 0 Å². The van der Waals surface area contributed by atoms with Gasteiger partial charge in [-0.3, -0.25) is 0 Å². The maximum absolute atomic E-state index is 5.68. The Kier molecular flexibility index (Phi) is 2.39. The number of aryl methyl sites for hydroxylation is 1. The van der Waals surface area contributed by atoms with E-state index in [2.05, 4.69) is 48.4 Å². The summed E-state index contributed by atoms with van der Waals surface area (Å²) >= 11 is 0. The highest BCUT2D eigenvalue weighted by atomic mass is 16.5. The summed E-state index contributed by atoms with van der Waals surface area (Å²) in [6.45, 7) is 4.95. The van der Waals surface area contributed by atoms with E-state index in [4.69, 9.17) is 4.74 Å². The minimum Gasteiger partial charge on any atom is -0.488 e. The topological polar surface area (TPSA) is 34.2 Å². The molecule has 88 valence electrons. The zero-order valence-corrected chi connectivity index (χ0v) is 10.2. The van der Waals surface area contributed by atoms with E-state index in [1.807, 2.05) is 0 Å². The smallest absolute Gasteiger partial charge is 0.169 e. The van der Waals surface area contributed by atoms with Crippen LogP contribution in [0.5, 0.6) is 5.75 Å². The molecule has 1 aromatic carbocycles. The summed E-state index contributed by atoms with van der Waals surface area (Å²) in [5.41, 5.74) is 2.35. The molecule has 0 radical (unpaired) electrons. The Balaban J connectivity index is 2.15. The Morgan fingerprint density at radius 2 is 2.29 bits per heavy atom. The van der Waals surface area contributed by atoms with Crippen LogP contribution < -0.4 is 10.1 Å². The number of hydrogen-bond donors (Lipinski definition) is 1. The van der Waals surface area contributed by atoms with E-state index < -0.39 is 0 Å². The summed E-state index contributed by atoms with van der Waals surface area (Å²) < 4.78 is 5.68. The largest absolute Gasteiger partial charge is 0.488 e. The molecule has 0 fully saturated rings. The van der Waals surface area contributed by atoms with Gasteiger partial charge >= 0.3 is 0 Å². The van der Waals surface area contributed by atoms with E-state index in [-0.39, 0.29) is 0 Å². The first-order chi connectivity index (χ1) is 8.26. The number of fused-ring (bicyclic) bond motifs is 2. The number of nitrogens with zero attached hydrogens (tertiary/aromatic N) is 1. The fraction of sp³-hybridized carbons (Fsp3) is 0.357. The van der Waals surface area contributed by atoms with Crippen molar-refractivity contribution in [2.45, 2.75) is 26.3 Å². The summed E-state index contributed by atoms with van der Waals surface area (Å²) in [5.74, 6) is 1.73. The van der Waals surface area contributed by atoms with Gasteiger partial charge in [-0.15, -0.1) is 0 Å². The Labute approximate surface area is 101 Å². The Hall–Kier alpha value is -1.77. The van der Waals surface area contributed by atoms with Crippen molar-refractivity contribution < 1.29 is 4.74 Å². The molecular formula is C14H16N2O. The van der Waals surface area contributed by atoms with Crippen LogP contribution in [0.1, 0.15) is 19.4 Å². The molecule has 3 heteroatoms. The zero-order valence-electron chi connectivity index (χ0n) is 10.2. The van der Waals surface area contributed by atoms with Crippen LogP contribution in [0, 0.1) is 0 Å². The number of rotatable bonds is 1. The van der Waals surface area contributed by atoms with Crippen molar-refractivity contribution in [2.75, 3.05) is 11.9 Å². The number of ether oxygens (including phenoxy) is 1. The number of hydrogen-bond acceptors (Lipinski definition) is 3. The lowest BCUT2D eigenvalue weighted by atomic mass is 10.1. The van der Waals surface area contributed by atoms with E-state index in [0.717, 1.165) is 28.9 Å². The van der Waals surface area contributed by atoms with E-state index in [1.54, 1.807) is 0 Å². The maximum Gasteiger partial charge on any atom is 0.169 e. The van der Waals surface area contributed by atoms with E-state index in [0.29, 0.717) is 12.6 Å². The van der Waals surface area contributed by atoms with Crippen LogP contribution in [0.15, 0.2) is 24.3 Å². The summed E-state index contributed by atoms with van der Waals surface area (Å²) in [5, 5.41) is 4.49. The summed E-state index contributed by atoms with van der Waals surface area (Å²) in [4.78, 5) is 4.64. The first-order valence-electron chi connectivity index (χ1n) is 6.09. The third-order valence-electron chi connectivity index (χ3n) is 3.13. The maximum atomic E-state index is 5.68. The highest BCUT2D eigenvalue weighted by Gasteiger charge is 2.17. The van der Waals surface area contributed by atoms with Crippen molar-refractivity contribution in [2.24, 2.45) is 0 Å². The Morgan fingerprint density at radius 1 is 1.41 bits per heavy atom. The van der Waals surface area contributed by atoms with E-state index >= 15 is 0 Å². The standard InChI is InChI=1S/C14H16N2O/c1-3-10-4-5-11-7-13-14(16-12(11)6-10)15-9(2)8-17-13/h4-7,9H,3,8H2,1-2H3,(H,15,16)/t9-/m0/s1. The van der Waals surface area contributed by atoms with Crippen LogP contribution in [-0.2, 0) is 6.42 Å². The van der Waals surface area contributed by atoms with Crippen LogP contribution in [0.25, 0.3) is 10.9 Å². The minimum absolute atomic E-state index is 0.321. The van der Waals surface area contributed by atoms with Gasteiger partial charge in [0.05, 0.1) is 11.6 Å². The third-order valence-corrected chi connectivity index (χ3v) is 3.13. The molecule has 17 heavy (non-hydrogen) atoms. The highest BCUT2D eigenvalue weighted by molar-refractivity contribution is 5.84. The molecule has 0 spiro atoms. The average molecular weight is 228 g/mol. The molecule has 0 saturated heterocycles. The molecule has 0 unspecified atom stereocenters. The van der Waals surface area contributed by atoms with Gasteiger partial charge in [-0.1, -0.05) is 19.1 Å². The van der Waals surface area contributed by atoms with Gasteiger partial charge in [0, 0.05) is 5.39 Å². The molecule has 2 aromatic rings. The van der Waals surface area contributed by atoms with Gasteiger partial charge in [-0.05, 0) is 31.0 Å². The Bertz CT molecular complexity index is 565. The van der Waals surface area contributed by atoms with Crippen molar-refractivity contribution in [1.29, 1.82) is 0 Å². The monoisotopic (exact) mass is 228 g/mol. The first kappa shape index (κ1) is 10.4. The third kappa shape index (κ3) is 1.82. The number of anilines is 1. The van der Waals surface area contributed by atoms with Crippen LogP contribution in [-0.4, -0.2) is 17.6 Å². The van der Waals surface area contributed by atoms with Gasteiger partial charge in [0.25, 0.3) is 0 Å². The average Bonchev–Trinajstić information content (AvgIpc) is 2.35. The Morgan fingerprint density at radius 3 is 3.12 bits per heavy atom. The van der Waals surface area contributed by atoms with Gasteiger partial charge < -0.3 is 10.1 Å². The van der Waals surface area contributed by atoms with Crippen LogP contribution in [0.4, 0.5) is 5.82 Å². The SMILES string of the molecule is CCc1ccc2cc3c(nc2c1)N[C@@H](C)CO3. The molecule has 1 N–H and O–H groups in total. The molecule has 0 saturated carbocycles. The van der Waals surface area contributed by atoms with Crippen LogP contribution in [0.3, 0.4) is 0 Å². The summed E-state index contributed by atoms with van der Waals surface area (Å²) in [6.07, 6.45) is 1.04. The fourth-order valence-corrected chi connectivity index (χ4v) is 2.12. The van der Waals surface area contributed by atoms with Crippen molar-refractivity contribution in [1.82, 2.24) is 4.98 Å². The second-order valence-corrected chi connectivity index (χ2v) is 4.57. The van der Waals surface area contributed by atoms with Gasteiger partial charge in [0.2, 0.25) is 0 Å². The van der Waals surface area contributed by atoms with Crippen molar-refractivity contribution in [3.63, 3.8) is 0 Å². The molecule has 0 aliphatic carbocycles. The van der Waals surface area contributed by atoms with Gasteiger partial charge in [-0.2, -0.15) is 0 Å². The molecule has 3 rings (SSSR count). The number of benzene rings is 1. The summed E-state index contributed by atoms with van der Waals surface area (Å²) in [7, 11) is 0. The molecule has 1 aliphatic heterocycles.